The lowest BCUT2D eigenvalue weighted by atomic mass is 9.72. The summed E-state index contributed by atoms with van der Waals surface area (Å²) >= 11 is 0. The molecule has 2 fully saturated rings. The summed E-state index contributed by atoms with van der Waals surface area (Å²) in [6, 6.07) is 3.85. The van der Waals surface area contributed by atoms with Gasteiger partial charge in [-0.3, -0.25) is 4.79 Å². The van der Waals surface area contributed by atoms with Crippen LogP contribution < -0.4 is 0 Å². The van der Waals surface area contributed by atoms with Gasteiger partial charge in [-0.1, -0.05) is 0 Å². The van der Waals surface area contributed by atoms with Crippen LogP contribution in [-0.4, -0.2) is 41.7 Å². The van der Waals surface area contributed by atoms with Gasteiger partial charge in [-0.2, -0.15) is 0 Å². The van der Waals surface area contributed by atoms with Crippen molar-refractivity contribution in [3.05, 3.63) is 24.5 Å². The largest absolute Gasteiger partial charge is 0.381 e. The monoisotopic (exact) mass is 276 g/mol. The molecule has 4 heteroatoms. The molecular formula is C16H24N2O2. The number of hydrogen-bond donors (Lipinski definition) is 0. The van der Waals surface area contributed by atoms with Gasteiger partial charge in [0.15, 0.2) is 0 Å². The van der Waals surface area contributed by atoms with E-state index in [4.69, 9.17) is 4.74 Å². The van der Waals surface area contributed by atoms with Crippen molar-refractivity contribution in [2.75, 3.05) is 26.3 Å². The van der Waals surface area contributed by atoms with E-state index in [9.17, 15) is 4.79 Å². The lowest BCUT2D eigenvalue weighted by molar-refractivity contribution is -0.137. The Balaban J connectivity index is 1.59. The van der Waals surface area contributed by atoms with E-state index in [1.807, 2.05) is 40.9 Å². The molecule has 0 aliphatic carbocycles. The van der Waals surface area contributed by atoms with E-state index in [1.54, 1.807) is 0 Å². The predicted molar refractivity (Wildman–Crippen MR) is 77.4 cm³/mol. The number of aromatic nitrogens is 1. The van der Waals surface area contributed by atoms with Crippen LogP contribution in [0.3, 0.4) is 0 Å². The SMILES string of the molecule is CC(C(=O)N1CCC2(CCOCC2)CC1)n1cccc1. The predicted octanol–water partition coefficient (Wildman–Crippen LogP) is 2.47. The maximum absolute atomic E-state index is 12.5. The number of likely N-dealkylation sites (tertiary alicyclic amines) is 1. The summed E-state index contributed by atoms with van der Waals surface area (Å²) < 4.78 is 7.46. The van der Waals surface area contributed by atoms with Crippen molar-refractivity contribution in [1.29, 1.82) is 0 Å². The first-order chi connectivity index (χ1) is 9.70. The fourth-order valence-electron chi connectivity index (χ4n) is 3.50. The molecule has 3 heterocycles. The van der Waals surface area contributed by atoms with Gasteiger partial charge in [0, 0.05) is 38.7 Å². The number of hydrogen-bond acceptors (Lipinski definition) is 2. The molecule has 110 valence electrons. The van der Waals surface area contributed by atoms with Crippen molar-refractivity contribution in [2.45, 2.75) is 38.6 Å². The Bertz CT molecular complexity index is 439. The highest BCUT2D eigenvalue weighted by molar-refractivity contribution is 5.80. The number of ether oxygens (including phenoxy) is 1. The average Bonchev–Trinajstić information content (AvgIpc) is 3.02. The molecule has 1 unspecified atom stereocenters. The topological polar surface area (TPSA) is 34.5 Å². The summed E-state index contributed by atoms with van der Waals surface area (Å²) in [7, 11) is 0. The molecule has 0 saturated carbocycles. The molecule has 1 aromatic heterocycles. The van der Waals surface area contributed by atoms with Crippen LogP contribution in [0, 0.1) is 5.41 Å². The van der Waals surface area contributed by atoms with Crippen molar-refractivity contribution in [3.63, 3.8) is 0 Å². The molecule has 1 aromatic rings. The highest BCUT2D eigenvalue weighted by Crippen LogP contribution is 2.40. The van der Waals surface area contributed by atoms with E-state index in [0.29, 0.717) is 5.41 Å². The molecular weight excluding hydrogens is 252 g/mol. The second-order valence-electron chi connectivity index (χ2n) is 6.24. The molecule has 0 aromatic carbocycles. The highest BCUT2D eigenvalue weighted by Gasteiger charge is 2.37. The zero-order valence-corrected chi connectivity index (χ0v) is 12.3. The lowest BCUT2D eigenvalue weighted by Crippen LogP contribution is -2.46. The second kappa shape index (κ2) is 5.60. The first-order valence-electron chi connectivity index (χ1n) is 7.69. The standard InChI is InChI=1S/C16H24N2O2/c1-14(17-8-2-3-9-17)15(19)18-10-4-16(5-11-18)6-12-20-13-7-16/h2-3,8-9,14H,4-7,10-13H2,1H3. The third-order valence-corrected chi connectivity index (χ3v) is 5.12. The van der Waals surface area contributed by atoms with Crippen molar-refractivity contribution in [1.82, 2.24) is 9.47 Å². The summed E-state index contributed by atoms with van der Waals surface area (Å²) in [4.78, 5) is 14.6. The molecule has 2 aliphatic rings. The zero-order valence-electron chi connectivity index (χ0n) is 12.3. The van der Waals surface area contributed by atoms with Gasteiger partial charge >= 0.3 is 0 Å². The Morgan fingerprint density at radius 3 is 2.30 bits per heavy atom. The van der Waals surface area contributed by atoms with Crippen LogP contribution in [0.25, 0.3) is 0 Å². The smallest absolute Gasteiger partial charge is 0.245 e. The van der Waals surface area contributed by atoms with Crippen LogP contribution in [0.1, 0.15) is 38.6 Å². The second-order valence-corrected chi connectivity index (χ2v) is 6.24. The molecule has 3 rings (SSSR count). The minimum absolute atomic E-state index is 0.0891. The molecule has 0 bridgehead atoms. The van der Waals surface area contributed by atoms with Gasteiger partial charge in [-0.25, -0.2) is 0 Å². The first kappa shape index (κ1) is 13.7. The van der Waals surface area contributed by atoms with E-state index in [1.165, 1.54) is 12.8 Å². The molecule has 1 atom stereocenters. The maximum Gasteiger partial charge on any atom is 0.245 e. The van der Waals surface area contributed by atoms with E-state index < -0.39 is 0 Å². The van der Waals surface area contributed by atoms with Gasteiger partial charge in [-0.05, 0) is 50.2 Å². The summed E-state index contributed by atoms with van der Waals surface area (Å²) in [5.41, 5.74) is 0.450. The van der Waals surface area contributed by atoms with Crippen LogP contribution in [0.5, 0.6) is 0 Å². The van der Waals surface area contributed by atoms with Gasteiger partial charge in [0.25, 0.3) is 0 Å². The molecule has 0 N–H and O–H groups in total. The zero-order chi connectivity index (χ0) is 14.0. The number of amides is 1. The summed E-state index contributed by atoms with van der Waals surface area (Å²) in [6.45, 7) is 5.59. The van der Waals surface area contributed by atoms with Crippen molar-refractivity contribution < 1.29 is 9.53 Å². The number of piperidine rings is 1. The minimum Gasteiger partial charge on any atom is -0.381 e. The van der Waals surface area contributed by atoms with Crippen LogP contribution in [0.2, 0.25) is 0 Å². The van der Waals surface area contributed by atoms with Crippen LogP contribution >= 0.6 is 0 Å². The van der Waals surface area contributed by atoms with E-state index in [-0.39, 0.29) is 11.9 Å². The first-order valence-corrected chi connectivity index (χ1v) is 7.69. The quantitative estimate of drug-likeness (QED) is 0.831. The molecule has 1 spiro atoms. The highest BCUT2D eigenvalue weighted by atomic mass is 16.5. The van der Waals surface area contributed by atoms with Crippen molar-refractivity contribution in [2.24, 2.45) is 5.41 Å². The Kier molecular flexibility index (Phi) is 3.83. The summed E-state index contributed by atoms with van der Waals surface area (Å²) in [5, 5.41) is 0. The summed E-state index contributed by atoms with van der Waals surface area (Å²) in [5.74, 6) is 0.253. The number of rotatable bonds is 2. The third kappa shape index (κ3) is 2.62. The third-order valence-electron chi connectivity index (χ3n) is 5.12. The fourth-order valence-corrected chi connectivity index (χ4v) is 3.50. The summed E-state index contributed by atoms with van der Waals surface area (Å²) in [6.07, 6.45) is 8.55. The molecule has 1 amide bonds. The number of carbonyl (C=O) groups excluding carboxylic acids is 1. The van der Waals surface area contributed by atoms with Gasteiger partial charge in [0.2, 0.25) is 5.91 Å². The normalized spacial score (nSPS) is 23.8. The van der Waals surface area contributed by atoms with Gasteiger partial charge in [-0.15, -0.1) is 0 Å². The molecule has 4 nitrogen and oxygen atoms in total. The van der Waals surface area contributed by atoms with Crippen LogP contribution in [-0.2, 0) is 9.53 Å². The Labute approximate surface area is 120 Å². The Hall–Kier alpha value is -1.29. The van der Waals surface area contributed by atoms with E-state index >= 15 is 0 Å². The molecule has 0 radical (unpaired) electrons. The van der Waals surface area contributed by atoms with Gasteiger partial charge in [0.1, 0.15) is 6.04 Å². The number of carbonyl (C=O) groups is 1. The molecule has 20 heavy (non-hydrogen) atoms. The van der Waals surface area contributed by atoms with Gasteiger partial charge < -0.3 is 14.2 Å². The fraction of sp³-hybridized carbons (Fsp3) is 0.688. The maximum atomic E-state index is 12.5. The number of nitrogens with zero attached hydrogens (tertiary/aromatic N) is 2. The van der Waals surface area contributed by atoms with Crippen molar-refractivity contribution >= 4 is 5.91 Å². The van der Waals surface area contributed by atoms with Crippen molar-refractivity contribution in [3.8, 4) is 0 Å². The average molecular weight is 276 g/mol. The van der Waals surface area contributed by atoms with E-state index in [2.05, 4.69) is 0 Å². The molecule has 2 aliphatic heterocycles. The van der Waals surface area contributed by atoms with Crippen LogP contribution in [0.4, 0.5) is 0 Å². The van der Waals surface area contributed by atoms with Crippen LogP contribution in [0.15, 0.2) is 24.5 Å². The minimum atomic E-state index is -0.0891. The van der Waals surface area contributed by atoms with E-state index in [0.717, 1.165) is 39.1 Å². The lowest BCUT2D eigenvalue weighted by Gasteiger charge is -2.44. The Morgan fingerprint density at radius 1 is 1.10 bits per heavy atom. The van der Waals surface area contributed by atoms with Gasteiger partial charge in [0.05, 0.1) is 0 Å². The Morgan fingerprint density at radius 2 is 1.70 bits per heavy atom. The molecule has 2 saturated heterocycles.